The zero-order chi connectivity index (χ0) is 18.5. The van der Waals surface area contributed by atoms with Gasteiger partial charge in [-0.1, -0.05) is 30.3 Å². The molecule has 0 unspecified atom stereocenters. The van der Waals surface area contributed by atoms with Crippen molar-refractivity contribution in [2.24, 2.45) is 5.73 Å². The summed E-state index contributed by atoms with van der Waals surface area (Å²) in [7, 11) is 0. The van der Waals surface area contributed by atoms with E-state index < -0.39 is 0 Å². The van der Waals surface area contributed by atoms with Gasteiger partial charge in [0.15, 0.2) is 0 Å². The van der Waals surface area contributed by atoms with Crippen LogP contribution in [-0.2, 0) is 13.0 Å². The fourth-order valence-electron chi connectivity index (χ4n) is 3.02. The van der Waals surface area contributed by atoms with Crippen LogP contribution in [0.3, 0.4) is 0 Å². The minimum absolute atomic E-state index is 0.540. The van der Waals surface area contributed by atoms with E-state index in [2.05, 4.69) is 44.5 Å². The van der Waals surface area contributed by atoms with Gasteiger partial charge in [0, 0.05) is 43.0 Å². The number of hydrogen-bond donors (Lipinski definition) is 2. The highest BCUT2D eigenvalue weighted by atomic mass is 15.1. The molecule has 0 fully saturated rings. The number of aromatic nitrogens is 3. The van der Waals surface area contributed by atoms with E-state index >= 15 is 0 Å². The molecule has 0 radical (unpaired) electrons. The Kier molecular flexibility index (Phi) is 5.03. The number of nitrogens with two attached hydrogens (primary N) is 1. The van der Waals surface area contributed by atoms with Gasteiger partial charge < -0.3 is 11.1 Å². The van der Waals surface area contributed by atoms with Crippen molar-refractivity contribution in [3.63, 3.8) is 0 Å². The number of pyridine rings is 1. The van der Waals surface area contributed by atoms with Crippen molar-refractivity contribution in [3.8, 4) is 11.1 Å². The Hall–Kier alpha value is -3.31. The average molecular weight is 355 g/mol. The second kappa shape index (κ2) is 7.93. The first-order valence-electron chi connectivity index (χ1n) is 9.02. The maximum Gasteiger partial charge on any atom is 0.223 e. The molecule has 0 saturated carbocycles. The monoisotopic (exact) mass is 355 g/mol. The van der Waals surface area contributed by atoms with Crippen LogP contribution >= 0.6 is 0 Å². The van der Waals surface area contributed by atoms with Gasteiger partial charge in [0.1, 0.15) is 0 Å². The fourth-order valence-corrected chi connectivity index (χ4v) is 3.02. The van der Waals surface area contributed by atoms with Gasteiger partial charge in [-0.25, -0.2) is 9.97 Å². The lowest BCUT2D eigenvalue weighted by molar-refractivity contribution is 0.945. The van der Waals surface area contributed by atoms with Gasteiger partial charge >= 0.3 is 0 Å². The zero-order valence-corrected chi connectivity index (χ0v) is 15.0. The van der Waals surface area contributed by atoms with Crippen LogP contribution in [0.4, 0.5) is 5.95 Å². The summed E-state index contributed by atoms with van der Waals surface area (Å²) in [5.74, 6) is 0.635. The Morgan fingerprint density at radius 1 is 0.889 bits per heavy atom. The Morgan fingerprint density at radius 3 is 2.67 bits per heavy atom. The van der Waals surface area contributed by atoms with E-state index in [1.165, 1.54) is 0 Å². The topological polar surface area (TPSA) is 76.7 Å². The summed E-state index contributed by atoms with van der Waals surface area (Å²) >= 11 is 0. The van der Waals surface area contributed by atoms with Crippen LogP contribution < -0.4 is 11.1 Å². The van der Waals surface area contributed by atoms with Crippen molar-refractivity contribution >= 4 is 16.9 Å². The maximum atomic E-state index is 5.75. The molecule has 4 rings (SSSR count). The summed E-state index contributed by atoms with van der Waals surface area (Å²) in [5.41, 5.74) is 11.1. The van der Waals surface area contributed by atoms with Crippen LogP contribution in [0.15, 0.2) is 73.1 Å². The van der Waals surface area contributed by atoms with E-state index in [1.807, 2.05) is 48.8 Å². The number of hydrogen-bond acceptors (Lipinski definition) is 5. The van der Waals surface area contributed by atoms with Crippen molar-refractivity contribution < 1.29 is 0 Å². The molecule has 4 aromatic rings. The van der Waals surface area contributed by atoms with Crippen LogP contribution in [0.1, 0.15) is 11.3 Å². The lowest BCUT2D eigenvalue weighted by Gasteiger charge is -2.08. The molecule has 0 aliphatic rings. The molecule has 0 aliphatic heterocycles. The number of anilines is 1. The maximum absolute atomic E-state index is 5.75. The van der Waals surface area contributed by atoms with Gasteiger partial charge in [0.25, 0.3) is 0 Å². The van der Waals surface area contributed by atoms with E-state index in [0.717, 1.165) is 46.3 Å². The smallest absolute Gasteiger partial charge is 0.223 e. The molecule has 2 heterocycles. The summed E-state index contributed by atoms with van der Waals surface area (Å²) in [6, 6.07) is 20.5. The number of fused-ring (bicyclic) bond motifs is 1. The van der Waals surface area contributed by atoms with E-state index in [0.29, 0.717) is 12.5 Å². The summed E-state index contributed by atoms with van der Waals surface area (Å²) in [6.45, 7) is 1.28. The summed E-state index contributed by atoms with van der Waals surface area (Å²) in [6.07, 6.45) is 4.50. The van der Waals surface area contributed by atoms with Crippen molar-refractivity contribution in [1.29, 1.82) is 0 Å². The highest BCUT2D eigenvalue weighted by Crippen LogP contribution is 2.24. The molecule has 0 aliphatic carbocycles. The molecule has 0 amide bonds. The normalized spacial score (nSPS) is 10.9. The van der Waals surface area contributed by atoms with Crippen LogP contribution in [0, 0.1) is 0 Å². The lowest BCUT2D eigenvalue weighted by Crippen LogP contribution is -2.08. The molecule has 0 spiro atoms. The molecule has 5 heteroatoms. The third-order valence-corrected chi connectivity index (χ3v) is 4.47. The first-order chi connectivity index (χ1) is 13.3. The zero-order valence-electron chi connectivity index (χ0n) is 15.0. The molecule has 2 aromatic heterocycles. The van der Waals surface area contributed by atoms with Gasteiger partial charge in [-0.3, -0.25) is 4.98 Å². The van der Waals surface area contributed by atoms with Crippen molar-refractivity contribution in [2.45, 2.75) is 13.0 Å². The standard InChI is InChI=1S/C22H21N5/c23-14-16-4-3-5-17(12-16)18-7-8-21-19(13-18)15-26-22(27-21)25-11-9-20-6-1-2-10-24-20/h1-8,10,12-13,15H,9,11,14,23H2,(H,25,26,27). The molecule has 0 saturated heterocycles. The number of nitrogens with zero attached hydrogens (tertiary/aromatic N) is 3. The van der Waals surface area contributed by atoms with Crippen LogP contribution in [0.25, 0.3) is 22.0 Å². The molecule has 3 N–H and O–H groups in total. The molecular weight excluding hydrogens is 334 g/mol. The van der Waals surface area contributed by atoms with Gasteiger partial charge in [0.2, 0.25) is 5.95 Å². The quantitative estimate of drug-likeness (QED) is 0.550. The number of nitrogens with one attached hydrogen (secondary N) is 1. The minimum atomic E-state index is 0.540. The van der Waals surface area contributed by atoms with E-state index in [9.17, 15) is 0 Å². The predicted molar refractivity (Wildman–Crippen MR) is 109 cm³/mol. The van der Waals surface area contributed by atoms with E-state index in [-0.39, 0.29) is 0 Å². The van der Waals surface area contributed by atoms with Crippen LogP contribution in [-0.4, -0.2) is 21.5 Å². The Labute approximate surface area is 158 Å². The molecular formula is C22H21N5. The Bertz CT molecular complexity index is 1050. The van der Waals surface area contributed by atoms with Gasteiger partial charge in [-0.2, -0.15) is 0 Å². The minimum Gasteiger partial charge on any atom is -0.354 e. The van der Waals surface area contributed by atoms with Gasteiger partial charge in [-0.05, 0) is 47.0 Å². The average Bonchev–Trinajstić information content (AvgIpc) is 2.74. The number of benzene rings is 2. The summed E-state index contributed by atoms with van der Waals surface area (Å²) < 4.78 is 0. The first-order valence-corrected chi connectivity index (χ1v) is 9.02. The van der Waals surface area contributed by atoms with Crippen LogP contribution in [0.2, 0.25) is 0 Å². The lowest BCUT2D eigenvalue weighted by atomic mass is 10.0. The van der Waals surface area contributed by atoms with Crippen molar-refractivity contribution in [3.05, 3.63) is 84.3 Å². The molecule has 0 bridgehead atoms. The molecule has 134 valence electrons. The molecule has 27 heavy (non-hydrogen) atoms. The van der Waals surface area contributed by atoms with E-state index in [1.54, 1.807) is 0 Å². The summed E-state index contributed by atoms with van der Waals surface area (Å²) in [4.78, 5) is 13.4. The van der Waals surface area contributed by atoms with E-state index in [4.69, 9.17) is 5.73 Å². The molecule has 0 atom stereocenters. The Balaban J connectivity index is 1.50. The fraction of sp³-hybridized carbons (Fsp3) is 0.136. The SMILES string of the molecule is NCc1cccc(-c2ccc3nc(NCCc4ccccn4)ncc3c2)c1. The summed E-state index contributed by atoms with van der Waals surface area (Å²) in [5, 5.41) is 4.29. The third-order valence-electron chi connectivity index (χ3n) is 4.47. The highest BCUT2D eigenvalue weighted by molar-refractivity contribution is 5.84. The molecule has 5 nitrogen and oxygen atoms in total. The van der Waals surface area contributed by atoms with Crippen LogP contribution in [0.5, 0.6) is 0 Å². The second-order valence-electron chi connectivity index (χ2n) is 6.37. The Morgan fingerprint density at radius 2 is 1.81 bits per heavy atom. The number of rotatable bonds is 6. The largest absolute Gasteiger partial charge is 0.354 e. The van der Waals surface area contributed by atoms with Crippen molar-refractivity contribution in [1.82, 2.24) is 15.0 Å². The predicted octanol–water partition coefficient (Wildman–Crippen LogP) is 3.81. The third kappa shape index (κ3) is 4.10. The van der Waals surface area contributed by atoms with Gasteiger partial charge in [-0.15, -0.1) is 0 Å². The van der Waals surface area contributed by atoms with Gasteiger partial charge in [0.05, 0.1) is 5.52 Å². The molecule has 2 aromatic carbocycles. The van der Waals surface area contributed by atoms with Crippen molar-refractivity contribution in [2.75, 3.05) is 11.9 Å². The highest BCUT2D eigenvalue weighted by Gasteiger charge is 2.04. The first kappa shape index (κ1) is 17.1. The second-order valence-corrected chi connectivity index (χ2v) is 6.37.